The largest absolute Gasteiger partial charge is 0.481 e. The van der Waals surface area contributed by atoms with Crippen molar-refractivity contribution in [2.75, 3.05) is 19.6 Å². The maximum Gasteiger partial charge on any atom is 0.310 e. The molecule has 1 saturated heterocycles. The van der Waals surface area contributed by atoms with Crippen molar-refractivity contribution in [3.63, 3.8) is 0 Å². The van der Waals surface area contributed by atoms with Gasteiger partial charge in [-0.15, -0.1) is 0 Å². The van der Waals surface area contributed by atoms with E-state index in [1.807, 2.05) is 6.92 Å². The van der Waals surface area contributed by atoms with E-state index in [2.05, 4.69) is 24.8 Å². The minimum Gasteiger partial charge on any atom is -0.481 e. The third-order valence-electron chi connectivity index (χ3n) is 3.32. The lowest BCUT2D eigenvalue weighted by molar-refractivity contribution is -0.148. The number of rotatable bonds is 4. The fourth-order valence-corrected chi connectivity index (χ4v) is 2.04. The van der Waals surface area contributed by atoms with Gasteiger partial charge in [-0.05, 0) is 33.2 Å². The molecule has 3 nitrogen and oxygen atoms in total. The number of hydrogen-bond acceptors (Lipinski definition) is 2. The molecule has 1 unspecified atom stereocenters. The number of carboxylic acids is 1. The van der Waals surface area contributed by atoms with Crippen LogP contribution in [0.15, 0.2) is 11.6 Å². The summed E-state index contributed by atoms with van der Waals surface area (Å²) in [5.74, 6) is -0.635. The molecule has 1 rings (SSSR count). The van der Waals surface area contributed by atoms with Crippen molar-refractivity contribution in [1.29, 1.82) is 0 Å². The van der Waals surface area contributed by atoms with Crippen molar-refractivity contribution >= 4 is 5.97 Å². The lowest BCUT2D eigenvalue weighted by atomic mass is 9.84. The van der Waals surface area contributed by atoms with Gasteiger partial charge in [-0.25, -0.2) is 0 Å². The van der Waals surface area contributed by atoms with Gasteiger partial charge in [0, 0.05) is 13.1 Å². The zero-order valence-corrected chi connectivity index (χ0v) is 9.92. The number of likely N-dealkylation sites (tertiary alicyclic amines) is 1. The Morgan fingerprint density at radius 3 is 2.60 bits per heavy atom. The summed E-state index contributed by atoms with van der Waals surface area (Å²) in [7, 11) is 0. The number of allylic oxidation sites excluding steroid dienone is 1. The van der Waals surface area contributed by atoms with Crippen LogP contribution in [0.25, 0.3) is 0 Å². The van der Waals surface area contributed by atoms with Gasteiger partial charge >= 0.3 is 5.97 Å². The second-order valence-electron chi connectivity index (χ2n) is 4.71. The lowest BCUT2D eigenvalue weighted by Crippen LogP contribution is -2.34. The highest BCUT2D eigenvalue weighted by atomic mass is 16.4. The van der Waals surface area contributed by atoms with E-state index in [4.69, 9.17) is 0 Å². The van der Waals surface area contributed by atoms with Crippen LogP contribution in [0, 0.1) is 5.41 Å². The standard InChI is InChI=1S/C12H21NO2/c1-4-12(11(14)15)6-8-13(9-12)7-5-10(2)3/h5H,4,6-9H2,1-3H3,(H,14,15). The van der Waals surface area contributed by atoms with Crippen LogP contribution in [0.3, 0.4) is 0 Å². The van der Waals surface area contributed by atoms with Gasteiger partial charge in [-0.3, -0.25) is 9.69 Å². The summed E-state index contributed by atoms with van der Waals surface area (Å²) in [6.07, 6.45) is 3.68. The predicted molar refractivity (Wildman–Crippen MR) is 60.8 cm³/mol. The van der Waals surface area contributed by atoms with Crippen molar-refractivity contribution in [1.82, 2.24) is 4.90 Å². The van der Waals surface area contributed by atoms with Gasteiger partial charge in [0.15, 0.2) is 0 Å². The molecule has 3 heteroatoms. The first-order chi connectivity index (χ1) is 7.00. The Kier molecular flexibility index (Phi) is 3.91. The molecule has 0 aromatic rings. The monoisotopic (exact) mass is 211 g/mol. The summed E-state index contributed by atoms with van der Waals surface area (Å²) in [4.78, 5) is 13.4. The van der Waals surface area contributed by atoms with E-state index in [1.165, 1.54) is 5.57 Å². The molecule has 0 radical (unpaired) electrons. The molecular weight excluding hydrogens is 190 g/mol. The molecule has 0 aromatic heterocycles. The van der Waals surface area contributed by atoms with Crippen LogP contribution in [0.4, 0.5) is 0 Å². The van der Waals surface area contributed by atoms with E-state index in [0.717, 1.165) is 25.9 Å². The first-order valence-electron chi connectivity index (χ1n) is 5.59. The Balaban J connectivity index is 2.57. The second kappa shape index (κ2) is 4.79. The van der Waals surface area contributed by atoms with Gasteiger partial charge < -0.3 is 5.11 Å². The molecule has 0 bridgehead atoms. The Labute approximate surface area is 91.8 Å². The molecule has 0 saturated carbocycles. The highest BCUT2D eigenvalue weighted by Gasteiger charge is 2.42. The maximum absolute atomic E-state index is 11.2. The molecular formula is C12H21NO2. The summed E-state index contributed by atoms with van der Waals surface area (Å²) in [6, 6.07) is 0. The Bertz CT molecular complexity index is 269. The van der Waals surface area contributed by atoms with Crippen molar-refractivity contribution in [3.8, 4) is 0 Å². The zero-order chi connectivity index (χ0) is 11.5. The van der Waals surface area contributed by atoms with Crippen molar-refractivity contribution < 1.29 is 9.90 Å². The van der Waals surface area contributed by atoms with E-state index in [-0.39, 0.29) is 0 Å². The van der Waals surface area contributed by atoms with Crippen LogP contribution in [0.2, 0.25) is 0 Å². The predicted octanol–water partition coefficient (Wildman–Crippen LogP) is 2.14. The van der Waals surface area contributed by atoms with Crippen LogP contribution in [0.5, 0.6) is 0 Å². The molecule has 86 valence electrons. The molecule has 15 heavy (non-hydrogen) atoms. The van der Waals surface area contributed by atoms with Crippen LogP contribution in [-0.2, 0) is 4.79 Å². The topological polar surface area (TPSA) is 40.5 Å². The minimum absolute atomic E-state index is 0.491. The summed E-state index contributed by atoms with van der Waals surface area (Å²) in [5.41, 5.74) is 0.800. The Morgan fingerprint density at radius 1 is 1.53 bits per heavy atom. The third kappa shape index (κ3) is 2.81. The molecule has 0 aliphatic carbocycles. The highest BCUT2D eigenvalue weighted by molar-refractivity contribution is 5.75. The van der Waals surface area contributed by atoms with E-state index >= 15 is 0 Å². The molecule has 0 spiro atoms. The molecule has 1 aliphatic rings. The molecule has 0 aromatic carbocycles. The number of nitrogens with zero attached hydrogens (tertiary/aromatic N) is 1. The maximum atomic E-state index is 11.2. The van der Waals surface area contributed by atoms with Gasteiger partial charge in [-0.2, -0.15) is 0 Å². The van der Waals surface area contributed by atoms with Crippen LogP contribution in [-0.4, -0.2) is 35.6 Å². The van der Waals surface area contributed by atoms with E-state index in [0.29, 0.717) is 6.54 Å². The van der Waals surface area contributed by atoms with E-state index in [1.54, 1.807) is 0 Å². The molecule has 1 atom stereocenters. The number of hydrogen-bond donors (Lipinski definition) is 1. The van der Waals surface area contributed by atoms with Gasteiger partial charge in [0.2, 0.25) is 0 Å². The Morgan fingerprint density at radius 2 is 2.20 bits per heavy atom. The van der Waals surface area contributed by atoms with E-state index < -0.39 is 11.4 Å². The first-order valence-corrected chi connectivity index (χ1v) is 5.59. The summed E-state index contributed by atoms with van der Waals surface area (Å²) in [6.45, 7) is 8.60. The van der Waals surface area contributed by atoms with Gasteiger partial charge in [0.05, 0.1) is 5.41 Å². The lowest BCUT2D eigenvalue weighted by Gasteiger charge is -2.22. The number of aliphatic carboxylic acids is 1. The summed E-state index contributed by atoms with van der Waals surface area (Å²) >= 11 is 0. The molecule has 1 fully saturated rings. The smallest absolute Gasteiger partial charge is 0.310 e. The zero-order valence-electron chi connectivity index (χ0n) is 9.92. The quantitative estimate of drug-likeness (QED) is 0.724. The average Bonchev–Trinajstić information content (AvgIpc) is 2.59. The van der Waals surface area contributed by atoms with Gasteiger partial charge in [-0.1, -0.05) is 18.6 Å². The Hall–Kier alpha value is -0.830. The van der Waals surface area contributed by atoms with Crippen molar-refractivity contribution in [2.45, 2.75) is 33.6 Å². The summed E-state index contributed by atoms with van der Waals surface area (Å²) < 4.78 is 0. The van der Waals surface area contributed by atoms with Crippen LogP contribution < -0.4 is 0 Å². The van der Waals surface area contributed by atoms with Gasteiger partial charge in [0.1, 0.15) is 0 Å². The fourth-order valence-electron chi connectivity index (χ4n) is 2.04. The van der Waals surface area contributed by atoms with Crippen LogP contribution >= 0.6 is 0 Å². The normalized spacial score (nSPS) is 26.6. The second-order valence-corrected chi connectivity index (χ2v) is 4.71. The highest BCUT2D eigenvalue weighted by Crippen LogP contribution is 2.33. The fraction of sp³-hybridized carbons (Fsp3) is 0.750. The van der Waals surface area contributed by atoms with Crippen molar-refractivity contribution in [2.24, 2.45) is 5.41 Å². The minimum atomic E-state index is -0.635. The average molecular weight is 211 g/mol. The molecule has 1 N–H and O–H groups in total. The van der Waals surface area contributed by atoms with Crippen LogP contribution in [0.1, 0.15) is 33.6 Å². The number of carbonyl (C=O) groups is 1. The molecule has 1 heterocycles. The molecule has 1 aliphatic heterocycles. The third-order valence-corrected chi connectivity index (χ3v) is 3.32. The number of carboxylic acid groups (broad SMARTS) is 1. The van der Waals surface area contributed by atoms with Crippen molar-refractivity contribution in [3.05, 3.63) is 11.6 Å². The SMILES string of the molecule is CCC1(C(=O)O)CCN(CC=C(C)C)C1. The summed E-state index contributed by atoms with van der Waals surface area (Å²) in [5, 5.41) is 9.22. The van der Waals surface area contributed by atoms with Gasteiger partial charge in [0.25, 0.3) is 0 Å². The molecule has 0 amide bonds. The first kappa shape index (κ1) is 12.2. The van der Waals surface area contributed by atoms with E-state index in [9.17, 15) is 9.90 Å².